The molecule has 0 radical (unpaired) electrons. The van der Waals surface area contributed by atoms with Gasteiger partial charge in [0.1, 0.15) is 5.67 Å². The fourth-order valence-corrected chi connectivity index (χ4v) is 5.08. The van der Waals surface area contributed by atoms with Gasteiger partial charge in [-0.1, -0.05) is 41.6 Å². The highest BCUT2D eigenvalue weighted by atomic mass is 19.1. The van der Waals surface area contributed by atoms with Crippen LogP contribution >= 0.6 is 0 Å². The third kappa shape index (κ3) is 4.74. The van der Waals surface area contributed by atoms with E-state index in [4.69, 9.17) is 9.62 Å². The molecule has 2 aliphatic rings. The highest BCUT2D eigenvalue weighted by Crippen LogP contribution is 2.45. The van der Waals surface area contributed by atoms with Gasteiger partial charge in [-0.05, 0) is 62.6 Å². The molecule has 2 aromatic carbocycles. The number of amides is 1. The van der Waals surface area contributed by atoms with Crippen molar-refractivity contribution in [1.29, 1.82) is 0 Å². The zero-order chi connectivity index (χ0) is 26.3. The van der Waals surface area contributed by atoms with Gasteiger partial charge in [0.05, 0.1) is 6.54 Å². The summed E-state index contributed by atoms with van der Waals surface area (Å²) in [6.07, 6.45) is 2.09. The third-order valence-corrected chi connectivity index (χ3v) is 7.73. The van der Waals surface area contributed by atoms with Crippen LogP contribution in [-0.2, 0) is 12.2 Å². The summed E-state index contributed by atoms with van der Waals surface area (Å²) in [5, 5.41) is 8.81. The number of piperazine rings is 1. The van der Waals surface area contributed by atoms with Crippen molar-refractivity contribution in [2.24, 2.45) is 0 Å². The van der Waals surface area contributed by atoms with Crippen LogP contribution in [0.1, 0.15) is 46.4 Å². The summed E-state index contributed by atoms with van der Waals surface area (Å²) in [4.78, 5) is 21.7. The standard InChI is InChI=1S/C29H31FN6O2/c1-20-17-25(27-31-26(33-38-27)22-7-9-24(10-8-22)29(30)11-4-12-29)32-36(20)19-21-5-3-6-23(18-21)28(37)35-15-13-34(2)14-16-35/h3,5-10,17-18H,4,11-16,19H2,1-2H3. The van der Waals surface area contributed by atoms with Gasteiger partial charge in [0.25, 0.3) is 11.8 Å². The second-order valence-corrected chi connectivity index (χ2v) is 10.4. The lowest BCUT2D eigenvalue weighted by molar-refractivity contribution is 0.0609. The SMILES string of the molecule is Cc1cc(-c2nc(-c3ccc(C4(F)CCC4)cc3)no2)nn1Cc1cccc(C(=O)N2CCN(C)CC2)c1. The Morgan fingerprint density at radius 2 is 1.82 bits per heavy atom. The average molecular weight is 515 g/mol. The van der Waals surface area contributed by atoms with E-state index < -0.39 is 5.67 Å². The van der Waals surface area contributed by atoms with Crippen molar-refractivity contribution in [3.8, 4) is 23.0 Å². The number of aromatic nitrogens is 4. The summed E-state index contributed by atoms with van der Waals surface area (Å²) >= 11 is 0. The molecule has 0 atom stereocenters. The molecule has 1 amide bonds. The predicted molar refractivity (Wildman–Crippen MR) is 141 cm³/mol. The van der Waals surface area contributed by atoms with E-state index in [9.17, 15) is 9.18 Å². The van der Waals surface area contributed by atoms with Crippen LogP contribution in [0.25, 0.3) is 23.0 Å². The fraction of sp³-hybridized carbons (Fsp3) is 0.379. The van der Waals surface area contributed by atoms with Crippen molar-refractivity contribution >= 4 is 5.91 Å². The Labute approximate surface area is 221 Å². The number of carbonyl (C=O) groups excluding carboxylic acids is 1. The molecule has 1 aliphatic heterocycles. The van der Waals surface area contributed by atoms with Gasteiger partial charge in [0, 0.05) is 43.0 Å². The van der Waals surface area contributed by atoms with Crippen molar-refractivity contribution in [3.05, 3.63) is 77.0 Å². The first-order valence-electron chi connectivity index (χ1n) is 13.1. The van der Waals surface area contributed by atoms with Crippen LogP contribution in [0, 0.1) is 6.92 Å². The molecule has 38 heavy (non-hydrogen) atoms. The van der Waals surface area contributed by atoms with Gasteiger partial charge in [0.15, 0.2) is 5.69 Å². The van der Waals surface area contributed by atoms with Gasteiger partial charge in [0.2, 0.25) is 5.82 Å². The number of hydrogen-bond donors (Lipinski definition) is 0. The summed E-state index contributed by atoms with van der Waals surface area (Å²) < 4.78 is 22.1. The van der Waals surface area contributed by atoms with Crippen molar-refractivity contribution in [2.75, 3.05) is 33.2 Å². The van der Waals surface area contributed by atoms with Crippen LogP contribution in [0.15, 0.2) is 59.1 Å². The minimum absolute atomic E-state index is 0.0682. The minimum Gasteiger partial charge on any atom is -0.336 e. The molecule has 3 heterocycles. The Balaban J connectivity index is 1.16. The van der Waals surface area contributed by atoms with E-state index in [-0.39, 0.29) is 5.91 Å². The number of likely N-dealkylation sites (N-methyl/N-ethyl adjacent to an activating group) is 1. The number of hydrogen-bond acceptors (Lipinski definition) is 6. The summed E-state index contributed by atoms with van der Waals surface area (Å²) in [5.41, 5.74) is 3.49. The van der Waals surface area contributed by atoms with Crippen LogP contribution in [0.2, 0.25) is 0 Å². The molecule has 0 N–H and O–H groups in total. The van der Waals surface area contributed by atoms with Crippen LogP contribution in [0.3, 0.4) is 0 Å². The molecule has 4 aromatic rings. The van der Waals surface area contributed by atoms with Crippen LogP contribution in [0.4, 0.5) is 4.39 Å². The lowest BCUT2D eigenvalue weighted by Gasteiger charge is -2.34. The van der Waals surface area contributed by atoms with Gasteiger partial charge < -0.3 is 14.3 Å². The molecule has 1 saturated heterocycles. The number of benzene rings is 2. The Bertz CT molecular complexity index is 1450. The Morgan fingerprint density at radius 3 is 2.53 bits per heavy atom. The predicted octanol–water partition coefficient (Wildman–Crippen LogP) is 4.69. The molecule has 2 aromatic heterocycles. The maximum Gasteiger partial charge on any atom is 0.278 e. The molecule has 9 heteroatoms. The van der Waals surface area contributed by atoms with E-state index in [2.05, 4.69) is 22.1 Å². The maximum absolute atomic E-state index is 14.7. The first kappa shape index (κ1) is 24.5. The number of nitrogens with zero attached hydrogens (tertiary/aromatic N) is 6. The first-order valence-corrected chi connectivity index (χ1v) is 13.1. The van der Waals surface area contributed by atoms with Crippen molar-refractivity contribution in [3.63, 3.8) is 0 Å². The lowest BCUT2D eigenvalue weighted by Crippen LogP contribution is -2.47. The summed E-state index contributed by atoms with van der Waals surface area (Å²) in [7, 11) is 2.08. The first-order chi connectivity index (χ1) is 18.4. The molecular formula is C29H31FN6O2. The molecule has 1 saturated carbocycles. The normalized spacial score (nSPS) is 17.4. The Morgan fingerprint density at radius 1 is 1.05 bits per heavy atom. The second kappa shape index (κ2) is 9.79. The summed E-state index contributed by atoms with van der Waals surface area (Å²) in [5.74, 6) is 0.833. The summed E-state index contributed by atoms with van der Waals surface area (Å²) in [6, 6.07) is 16.9. The zero-order valence-corrected chi connectivity index (χ0v) is 21.7. The Kier molecular flexibility index (Phi) is 6.31. The van der Waals surface area contributed by atoms with Crippen molar-refractivity contribution in [2.45, 2.75) is 38.4 Å². The number of aryl methyl sites for hydroxylation is 1. The lowest BCUT2D eigenvalue weighted by atomic mass is 9.77. The number of carbonyl (C=O) groups is 1. The van der Waals surface area contributed by atoms with Crippen LogP contribution < -0.4 is 0 Å². The van der Waals surface area contributed by atoms with E-state index in [0.29, 0.717) is 47.9 Å². The maximum atomic E-state index is 14.7. The van der Waals surface area contributed by atoms with Crippen LogP contribution in [-0.4, -0.2) is 68.9 Å². The Hall–Kier alpha value is -3.85. The number of alkyl halides is 1. The number of rotatable bonds is 6. The van der Waals surface area contributed by atoms with Crippen molar-refractivity contribution < 1.29 is 13.7 Å². The molecule has 0 spiro atoms. The monoisotopic (exact) mass is 514 g/mol. The molecule has 0 bridgehead atoms. The van der Waals surface area contributed by atoms with E-state index in [1.54, 1.807) is 0 Å². The second-order valence-electron chi connectivity index (χ2n) is 10.4. The molecule has 6 rings (SSSR count). The van der Waals surface area contributed by atoms with Crippen molar-refractivity contribution in [1.82, 2.24) is 29.7 Å². The molecule has 1 aliphatic carbocycles. The molecule has 2 fully saturated rings. The zero-order valence-electron chi connectivity index (χ0n) is 21.7. The summed E-state index contributed by atoms with van der Waals surface area (Å²) in [6.45, 7) is 5.76. The van der Waals surface area contributed by atoms with E-state index in [0.717, 1.165) is 49.4 Å². The van der Waals surface area contributed by atoms with Gasteiger partial charge >= 0.3 is 0 Å². The molecular weight excluding hydrogens is 483 g/mol. The highest BCUT2D eigenvalue weighted by molar-refractivity contribution is 5.94. The van der Waals surface area contributed by atoms with Gasteiger partial charge in [-0.25, -0.2) is 4.39 Å². The van der Waals surface area contributed by atoms with E-state index >= 15 is 0 Å². The quantitative estimate of drug-likeness (QED) is 0.371. The van der Waals surface area contributed by atoms with Gasteiger partial charge in [-0.2, -0.15) is 10.1 Å². The van der Waals surface area contributed by atoms with Gasteiger partial charge in [-0.3, -0.25) is 9.48 Å². The molecule has 0 unspecified atom stereocenters. The third-order valence-electron chi connectivity index (χ3n) is 7.73. The van der Waals surface area contributed by atoms with Crippen LogP contribution in [0.5, 0.6) is 0 Å². The van der Waals surface area contributed by atoms with E-state index in [1.165, 1.54) is 0 Å². The average Bonchev–Trinajstić information content (AvgIpc) is 3.55. The molecule has 8 nitrogen and oxygen atoms in total. The topological polar surface area (TPSA) is 80.3 Å². The van der Waals surface area contributed by atoms with Gasteiger partial charge in [-0.15, -0.1) is 0 Å². The highest BCUT2D eigenvalue weighted by Gasteiger charge is 2.38. The smallest absolute Gasteiger partial charge is 0.278 e. The minimum atomic E-state index is -1.19. The largest absolute Gasteiger partial charge is 0.336 e. The number of halogens is 1. The molecule has 196 valence electrons. The van der Waals surface area contributed by atoms with E-state index in [1.807, 2.05) is 71.1 Å². The fourth-order valence-electron chi connectivity index (χ4n) is 5.08.